The van der Waals surface area contributed by atoms with Gasteiger partial charge in [-0.15, -0.1) is 0 Å². The average molecular weight is 231 g/mol. The van der Waals surface area contributed by atoms with E-state index < -0.39 is 9.84 Å². The summed E-state index contributed by atoms with van der Waals surface area (Å²) in [7, 11) is -0.728. The number of rotatable bonds is 5. The van der Waals surface area contributed by atoms with Gasteiger partial charge in [0.1, 0.15) is 0 Å². The zero-order valence-corrected chi connectivity index (χ0v) is 9.78. The fourth-order valence-corrected chi connectivity index (χ4v) is 2.65. The number of hydrogen-bond donors (Lipinski definition) is 1. The second kappa shape index (κ2) is 5.44. The standard InChI is InChI=1S/C9H14NO2PS/c11-14(12,8-4-7-10-13)9-5-2-1-3-6-9/h1-3,5-6,10H,4,7-8,13H2. The molecule has 0 bridgehead atoms. The van der Waals surface area contributed by atoms with Crippen LogP contribution < -0.4 is 5.09 Å². The van der Waals surface area contributed by atoms with E-state index in [1.165, 1.54) is 0 Å². The third-order valence-electron chi connectivity index (χ3n) is 1.84. The van der Waals surface area contributed by atoms with Crippen LogP contribution in [0.3, 0.4) is 0 Å². The number of hydrogen-bond acceptors (Lipinski definition) is 3. The van der Waals surface area contributed by atoms with E-state index in [0.717, 1.165) is 0 Å². The summed E-state index contributed by atoms with van der Waals surface area (Å²) in [6.45, 7) is 0.691. The molecule has 0 amide bonds. The van der Waals surface area contributed by atoms with Gasteiger partial charge in [-0.3, -0.25) is 0 Å². The summed E-state index contributed by atoms with van der Waals surface area (Å²) in [5.74, 6) is 0.193. The summed E-state index contributed by atoms with van der Waals surface area (Å²) in [6, 6.07) is 8.54. The Kier molecular flexibility index (Phi) is 4.52. The topological polar surface area (TPSA) is 46.2 Å². The third-order valence-corrected chi connectivity index (χ3v) is 3.94. The highest BCUT2D eigenvalue weighted by molar-refractivity contribution is 7.91. The van der Waals surface area contributed by atoms with Crippen molar-refractivity contribution in [2.24, 2.45) is 0 Å². The minimum Gasteiger partial charge on any atom is -0.301 e. The molecule has 0 saturated carbocycles. The molecule has 0 spiro atoms. The quantitative estimate of drug-likeness (QED) is 0.612. The fraction of sp³-hybridized carbons (Fsp3) is 0.333. The van der Waals surface area contributed by atoms with Crippen molar-refractivity contribution in [3.8, 4) is 0 Å². The van der Waals surface area contributed by atoms with E-state index in [-0.39, 0.29) is 5.75 Å². The summed E-state index contributed by atoms with van der Waals surface area (Å²) in [5.41, 5.74) is 0. The largest absolute Gasteiger partial charge is 0.301 e. The molecular weight excluding hydrogens is 217 g/mol. The molecule has 0 fully saturated rings. The Morgan fingerprint density at radius 3 is 2.43 bits per heavy atom. The molecule has 0 aliphatic heterocycles. The van der Waals surface area contributed by atoms with Crippen molar-refractivity contribution in [1.29, 1.82) is 0 Å². The van der Waals surface area contributed by atoms with E-state index >= 15 is 0 Å². The van der Waals surface area contributed by atoms with Crippen molar-refractivity contribution in [1.82, 2.24) is 5.09 Å². The van der Waals surface area contributed by atoms with E-state index in [1.54, 1.807) is 24.3 Å². The summed E-state index contributed by atoms with van der Waals surface area (Å²) in [6.07, 6.45) is 0.626. The number of sulfone groups is 1. The van der Waals surface area contributed by atoms with Crippen LogP contribution in [0, 0.1) is 0 Å². The summed E-state index contributed by atoms with van der Waals surface area (Å²) < 4.78 is 23.3. The molecular formula is C9H14NO2PS. The number of benzene rings is 1. The molecule has 0 aliphatic carbocycles. The van der Waals surface area contributed by atoms with Crippen molar-refractivity contribution >= 4 is 19.2 Å². The Balaban J connectivity index is 2.67. The van der Waals surface area contributed by atoms with E-state index in [4.69, 9.17) is 0 Å². The van der Waals surface area contributed by atoms with Crippen LogP contribution >= 0.6 is 9.39 Å². The van der Waals surface area contributed by atoms with Crippen LogP contribution in [-0.2, 0) is 9.84 Å². The van der Waals surface area contributed by atoms with Gasteiger partial charge in [0.05, 0.1) is 10.6 Å². The molecule has 0 aromatic heterocycles. The lowest BCUT2D eigenvalue weighted by molar-refractivity contribution is 0.593. The van der Waals surface area contributed by atoms with Crippen molar-refractivity contribution in [3.05, 3.63) is 30.3 Å². The smallest absolute Gasteiger partial charge is 0.178 e. The van der Waals surface area contributed by atoms with Crippen LogP contribution in [0.5, 0.6) is 0 Å². The first-order chi connectivity index (χ1) is 6.67. The predicted octanol–water partition coefficient (Wildman–Crippen LogP) is 1.23. The number of nitrogens with one attached hydrogen (secondary N) is 1. The van der Waals surface area contributed by atoms with Gasteiger partial charge in [0.2, 0.25) is 0 Å². The Bertz CT molecular complexity index is 364. The van der Waals surface area contributed by atoms with Crippen LogP contribution in [0.25, 0.3) is 0 Å². The molecule has 0 aliphatic rings. The first-order valence-corrected chi connectivity index (χ1v) is 6.61. The molecule has 5 heteroatoms. The van der Waals surface area contributed by atoms with Gasteiger partial charge in [-0.1, -0.05) is 27.6 Å². The molecule has 1 atom stereocenters. The highest BCUT2D eigenvalue weighted by atomic mass is 32.2. The van der Waals surface area contributed by atoms with Crippen LogP contribution in [0.15, 0.2) is 35.2 Å². The SMILES string of the molecule is O=S(=O)(CCCNP)c1ccccc1. The molecule has 14 heavy (non-hydrogen) atoms. The van der Waals surface area contributed by atoms with Crippen molar-refractivity contribution in [2.45, 2.75) is 11.3 Å². The Labute approximate surface area is 87.1 Å². The molecule has 1 unspecified atom stereocenters. The monoisotopic (exact) mass is 231 g/mol. The average Bonchev–Trinajstić information content (AvgIpc) is 2.19. The van der Waals surface area contributed by atoms with Crippen molar-refractivity contribution in [2.75, 3.05) is 12.3 Å². The van der Waals surface area contributed by atoms with Gasteiger partial charge in [-0.25, -0.2) is 8.42 Å². The summed E-state index contributed by atoms with van der Waals surface area (Å²) in [4.78, 5) is 0.406. The minimum atomic E-state index is -3.08. The molecule has 0 saturated heterocycles. The van der Waals surface area contributed by atoms with Crippen LogP contribution in [-0.4, -0.2) is 20.7 Å². The molecule has 1 rings (SSSR count). The lowest BCUT2D eigenvalue weighted by atomic mass is 10.4. The lowest BCUT2D eigenvalue weighted by Crippen LogP contribution is -2.11. The van der Waals surface area contributed by atoms with Crippen LogP contribution in [0.1, 0.15) is 6.42 Å². The van der Waals surface area contributed by atoms with Gasteiger partial charge in [-0.05, 0) is 25.1 Å². The van der Waals surface area contributed by atoms with Crippen LogP contribution in [0.2, 0.25) is 0 Å². The maximum Gasteiger partial charge on any atom is 0.178 e. The first-order valence-electron chi connectivity index (χ1n) is 4.38. The third kappa shape index (κ3) is 3.37. The molecule has 0 heterocycles. The van der Waals surface area contributed by atoms with Gasteiger partial charge >= 0.3 is 0 Å². The maximum absolute atomic E-state index is 11.7. The normalized spacial score (nSPS) is 11.5. The highest BCUT2D eigenvalue weighted by Crippen LogP contribution is 2.10. The molecule has 1 aromatic rings. The van der Waals surface area contributed by atoms with Gasteiger partial charge in [0.15, 0.2) is 9.84 Å². The molecule has 0 radical (unpaired) electrons. The lowest BCUT2D eigenvalue weighted by Gasteiger charge is -2.03. The Morgan fingerprint density at radius 2 is 1.86 bits per heavy atom. The van der Waals surface area contributed by atoms with E-state index in [0.29, 0.717) is 17.9 Å². The van der Waals surface area contributed by atoms with Gasteiger partial charge in [-0.2, -0.15) is 0 Å². The second-order valence-electron chi connectivity index (χ2n) is 2.94. The molecule has 1 aromatic carbocycles. The van der Waals surface area contributed by atoms with Gasteiger partial charge < -0.3 is 5.09 Å². The predicted molar refractivity (Wildman–Crippen MR) is 60.8 cm³/mol. The molecule has 1 N–H and O–H groups in total. The van der Waals surface area contributed by atoms with Crippen molar-refractivity contribution < 1.29 is 8.42 Å². The zero-order chi connectivity index (χ0) is 10.4. The van der Waals surface area contributed by atoms with E-state index in [1.807, 2.05) is 6.07 Å². The first kappa shape index (κ1) is 11.6. The second-order valence-corrected chi connectivity index (χ2v) is 5.46. The minimum absolute atomic E-state index is 0.193. The van der Waals surface area contributed by atoms with Crippen molar-refractivity contribution in [3.63, 3.8) is 0 Å². The summed E-state index contributed by atoms with van der Waals surface area (Å²) >= 11 is 0. The molecule has 3 nitrogen and oxygen atoms in total. The van der Waals surface area contributed by atoms with Gasteiger partial charge in [0.25, 0.3) is 0 Å². The Morgan fingerprint density at radius 1 is 1.21 bits per heavy atom. The van der Waals surface area contributed by atoms with E-state index in [2.05, 4.69) is 14.5 Å². The Hall–Kier alpha value is -0.440. The maximum atomic E-state index is 11.7. The highest BCUT2D eigenvalue weighted by Gasteiger charge is 2.12. The van der Waals surface area contributed by atoms with Crippen LogP contribution in [0.4, 0.5) is 0 Å². The molecule has 78 valence electrons. The zero-order valence-electron chi connectivity index (χ0n) is 7.81. The van der Waals surface area contributed by atoms with Gasteiger partial charge in [0, 0.05) is 0 Å². The van der Waals surface area contributed by atoms with E-state index in [9.17, 15) is 8.42 Å². The fourth-order valence-electron chi connectivity index (χ4n) is 1.11. The summed E-state index contributed by atoms with van der Waals surface area (Å²) in [5, 5.41) is 2.84.